The molecule has 4 rings (SSSR count). The van der Waals surface area contributed by atoms with Gasteiger partial charge in [0.1, 0.15) is 4.21 Å². The van der Waals surface area contributed by atoms with Gasteiger partial charge in [0.15, 0.2) is 0 Å². The summed E-state index contributed by atoms with van der Waals surface area (Å²) in [5.41, 5.74) is -0.0336. The largest absolute Gasteiger partial charge is 0.481 e. The Labute approximate surface area is 206 Å². The number of hydrogen-bond acceptors (Lipinski definition) is 4. The van der Waals surface area contributed by atoms with E-state index in [0.29, 0.717) is 26.4 Å². The third-order valence-corrected chi connectivity index (χ3v) is 8.91. The summed E-state index contributed by atoms with van der Waals surface area (Å²) in [6, 6.07) is 10.7. The lowest BCUT2D eigenvalue weighted by atomic mass is 10.1. The Hall–Kier alpha value is -2.53. The number of thiophene rings is 1. The first kappa shape index (κ1) is 24.6. The van der Waals surface area contributed by atoms with Gasteiger partial charge >= 0.3 is 12.1 Å². The molecule has 2 heterocycles. The van der Waals surface area contributed by atoms with E-state index in [1.165, 1.54) is 36.5 Å². The summed E-state index contributed by atoms with van der Waals surface area (Å²) in [4.78, 5) is 11.3. The van der Waals surface area contributed by atoms with Gasteiger partial charge in [0.25, 0.3) is 10.0 Å². The highest BCUT2D eigenvalue weighted by Gasteiger charge is 2.33. The van der Waals surface area contributed by atoms with Gasteiger partial charge in [-0.15, -0.1) is 11.3 Å². The number of carbonyl (C=O) groups is 1. The summed E-state index contributed by atoms with van der Waals surface area (Å²) >= 11 is 12.5. The predicted molar refractivity (Wildman–Crippen MR) is 125 cm³/mol. The van der Waals surface area contributed by atoms with Crippen LogP contribution in [0.3, 0.4) is 0 Å². The number of aryl methyl sites for hydroxylation is 1. The van der Waals surface area contributed by atoms with Gasteiger partial charge in [-0.1, -0.05) is 29.3 Å². The zero-order chi connectivity index (χ0) is 24.8. The van der Waals surface area contributed by atoms with E-state index in [4.69, 9.17) is 28.3 Å². The molecule has 178 valence electrons. The molecule has 0 aliphatic rings. The Morgan fingerprint density at radius 2 is 1.79 bits per heavy atom. The first-order valence-electron chi connectivity index (χ1n) is 9.62. The molecule has 0 spiro atoms. The van der Waals surface area contributed by atoms with E-state index >= 15 is 0 Å². The topological polar surface area (TPSA) is 76.4 Å². The van der Waals surface area contributed by atoms with E-state index in [0.717, 1.165) is 27.4 Å². The molecule has 0 saturated carbocycles. The molecule has 0 saturated heterocycles. The van der Waals surface area contributed by atoms with Crippen molar-refractivity contribution in [2.75, 3.05) is 0 Å². The van der Waals surface area contributed by atoms with Crippen molar-refractivity contribution in [1.29, 1.82) is 0 Å². The average molecular weight is 548 g/mol. The molecule has 0 aliphatic heterocycles. The second-order valence-corrected chi connectivity index (χ2v) is 11.3. The van der Waals surface area contributed by atoms with E-state index < -0.39 is 32.8 Å². The number of benzene rings is 2. The Bertz CT molecular complexity index is 1520. The molecular formula is C22H14Cl2F3NO4S2. The van der Waals surface area contributed by atoms with Crippen LogP contribution < -0.4 is 0 Å². The molecule has 0 bridgehead atoms. The van der Waals surface area contributed by atoms with Gasteiger partial charge in [0.2, 0.25) is 0 Å². The fraction of sp³-hybridized carbons (Fsp3) is 0.136. The van der Waals surface area contributed by atoms with Crippen molar-refractivity contribution in [3.05, 3.63) is 75.9 Å². The SMILES string of the molecule is O=C(O)CCc1cn(S(=O)(=O)c2ccc(-c3ccc(Cl)c(C(F)(F)F)c3)s2)c2ccc(Cl)cc12. The van der Waals surface area contributed by atoms with Crippen LogP contribution >= 0.6 is 34.5 Å². The minimum absolute atomic E-state index is 0.0926. The Balaban J connectivity index is 1.78. The molecule has 0 radical (unpaired) electrons. The van der Waals surface area contributed by atoms with Crippen LogP contribution in [0.2, 0.25) is 10.0 Å². The number of halogens is 5. The fourth-order valence-electron chi connectivity index (χ4n) is 3.48. The monoisotopic (exact) mass is 547 g/mol. The van der Waals surface area contributed by atoms with E-state index in [1.54, 1.807) is 6.07 Å². The van der Waals surface area contributed by atoms with Crippen molar-refractivity contribution in [3.63, 3.8) is 0 Å². The summed E-state index contributed by atoms with van der Waals surface area (Å²) in [7, 11) is -4.13. The zero-order valence-electron chi connectivity index (χ0n) is 16.9. The van der Waals surface area contributed by atoms with Crippen LogP contribution in [0.5, 0.6) is 0 Å². The van der Waals surface area contributed by atoms with Crippen LogP contribution in [0, 0.1) is 0 Å². The van der Waals surface area contributed by atoms with Crippen molar-refractivity contribution in [2.45, 2.75) is 23.2 Å². The number of aromatic nitrogens is 1. The molecule has 5 nitrogen and oxygen atoms in total. The number of carboxylic acids is 1. The van der Waals surface area contributed by atoms with Gasteiger partial charge < -0.3 is 5.11 Å². The molecule has 0 atom stereocenters. The van der Waals surface area contributed by atoms with Crippen molar-refractivity contribution < 1.29 is 31.5 Å². The number of alkyl halides is 3. The Kier molecular flexibility index (Phi) is 6.45. The second-order valence-electron chi connectivity index (χ2n) is 7.32. The summed E-state index contributed by atoms with van der Waals surface area (Å²) in [5.74, 6) is -1.03. The second kappa shape index (κ2) is 8.92. The normalized spacial score (nSPS) is 12.4. The number of aliphatic carboxylic acids is 1. The maximum absolute atomic E-state index is 13.4. The molecular weight excluding hydrogens is 534 g/mol. The number of nitrogens with zero attached hydrogens (tertiary/aromatic N) is 1. The number of rotatable bonds is 6. The lowest BCUT2D eigenvalue weighted by molar-refractivity contribution is -0.138. The van der Waals surface area contributed by atoms with Gasteiger partial charge in [-0.2, -0.15) is 21.6 Å². The Morgan fingerprint density at radius 1 is 1.06 bits per heavy atom. The van der Waals surface area contributed by atoms with Crippen LogP contribution in [-0.2, 0) is 27.4 Å². The van der Waals surface area contributed by atoms with Gasteiger partial charge in [-0.3, -0.25) is 4.79 Å². The van der Waals surface area contributed by atoms with Crippen molar-refractivity contribution >= 4 is 61.4 Å². The number of hydrogen-bond donors (Lipinski definition) is 1. The van der Waals surface area contributed by atoms with Crippen LogP contribution in [0.15, 0.2) is 58.9 Å². The van der Waals surface area contributed by atoms with Crippen LogP contribution in [0.4, 0.5) is 13.2 Å². The van der Waals surface area contributed by atoms with E-state index in [1.807, 2.05) is 0 Å². The molecule has 4 aromatic rings. The lowest BCUT2D eigenvalue weighted by Gasteiger charge is -2.10. The molecule has 2 aromatic heterocycles. The fourth-order valence-corrected chi connectivity index (χ4v) is 6.66. The molecule has 2 aromatic carbocycles. The highest BCUT2D eigenvalue weighted by molar-refractivity contribution is 7.92. The molecule has 0 amide bonds. The quantitative estimate of drug-likeness (QED) is 0.283. The standard InChI is InChI=1S/C22H14Cl2F3NO4S2/c23-14-3-5-18-15(10-14)13(2-7-20(29)30)11-28(18)34(31,32)21-8-6-19(33-21)12-1-4-17(24)16(9-12)22(25,26)27/h1,3-6,8-11H,2,7H2,(H,29,30). The first-order valence-corrected chi connectivity index (χ1v) is 12.6. The van der Waals surface area contributed by atoms with Crippen LogP contribution in [-0.4, -0.2) is 23.5 Å². The van der Waals surface area contributed by atoms with Crippen LogP contribution in [0.1, 0.15) is 17.5 Å². The zero-order valence-corrected chi connectivity index (χ0v) is 20.1. The summed E-state index contributed by atoms with van der Waals surface area (Å²) in [6.07, 6.45) is -3.41. The van der Waals surface area contributed by atoms with E-state index in [2.05, 4.69) is 0 Å². The molecule has 34 heavy (non-hydrogen) atoms. The van der Waals surface area contributed by atoms with Crippen molar-refractivity contribution in [1.82, 2.24) is 3.97 Å². The third kappa shape index (κ3) is 4.68. The van der Waals surface area contributed by atoms with Crippen molar-refractivity contribution in [2.24, 2.45) is 0 Å². The minimum atomic E-state index is -4.66. The van der Waals surface area contributed by atoms with Gasteiger partial charge in [0, 0.05) is 27.9 Å². The lowest BCUT2D eigenvalue weighted by Crippen LogP contribution is -2.10. The van der Waals surface area contributed by atoms with Crippen LogP contribution in [0.25, 0.3) is 21.3 Å². The molecule has 12 heteroatoms. The molecule has 0 fully saturated rings. The predicted octanol–water partition coefficient (Wildman–Crippen LogP) is 6.95. The summed E-state index contributed by atoms with van der Waals surface area (Å²) in [6.45, 7) is 0. The average Bonchev–Trinajstić information content (AvgIpc) is 3.37. The molecule has 0 unspecified atom stereocenters. The smallest absolute Gasteiger partial charge is 0.417 e. The number of carboxylic acid groups (broad SMARTS) is 1. The summed E-state index contributed by atoms with van der Waals surface area (Å²) < 4.78 is 67.5. The highest BCUT2D eigenvalue weighted by Crippen LogP contribution is 2.40. The number of fused-ring (bicyclic) bond motifs is 1. The molecule has 0 aliphatic carbocycles. The van der Waals surface area contributed by atoms with Gasteiger partial charge in [-0.05, 0) is 60.0 Å². The van der Waals surface area contributed by atoms with Crippen molar-refractivity contribution in [3.8, 4) is 10.4 Å². The third-order valence-electron chi connectivity index (χ3n) is 5.07. The van der Waals surface area contributed by atoms with Gasteiger partial charge in [-0.25, -0.2) is 3.97 Å². The molecule has 1 N–H and O–H groups in total. The minimum Gasteiger partial charge on any atom is -0.481 e. The first-order chi connectivity index (χ1) is 15.9. The van der Waals surface area contributed by atoms with E-state index in [9.17, 15) is 26.4 Å². The highest BCUT2D eigenvalue weighted by atomic mass is 35.5. The van der Waals surface area contributed by atoms with Gasteiger partial charge in [0.05, 0.1) is 16.1 Å². The van der Waals surface area contributed by atoms with E-state index in [-0.39, 0.29) is 22.6 Å². The maximum Gasteiger partial charge on any atom is 0.417 e. The summed E-state index contributed by atoms with van der Waals surface area (Å²) in [5, 5.41) is 9.43. The maximum atomic E-state index is 13.4. The Morgan fingerprint density at radius 3 is 2.47 bits per heavy atom.